The summed E-state index contributed by atoms with van der Waals surface area (Å²) in [5.74, 6) is -0.632. The van der Waals surface area contributed by atoms with Gasteiger partial charge >= 0.3 is 12.0 Å². The molecule has 9 heteroatoms. The number of fused-ring (bicyclic) bond motifs is 1. The number of urea groups is 1. The van der Waals surface area contributed by atoms with E-state index in [2.05, 4.69) is 15.5 Å². The molecule has 0 atom stereocenters. The Bertz CT molecular complexity index is 1150. The van der Waals surface area contributed by atoms with Crippen molar-refractivity contribution in [3.63, 3.8) is 0 Å². The molecular formula is C19H17N3O5S. The molecule has 3 aromatic rings. The fourth-order valence-electron chi connectivity index (χ4n) is 2.54. The van der Waals surface area contributed by atoms with Gasteiger partial charge in [0.15, 0.2) is 0 Å². The molecule has 0 unspecified atom stereocenters. The second-order valence-electron chi connectivity index (χ2n) is 5.73. The van der Waals surface area contributed by atoms with E-state index < -0.39 is 22.0 Å². The zero-order valence-electron chi connectivity index (χ0n) is 14.8. The van der Waals surface area contributed by atoms with E-state index in [4.69, 9.17) is 0 Å². The van der Waals surface area contributed by atoms with Crippen LogP contribution in [0.15, 0.2) is 71.6 Å². The maximum atomic E-state index is 12.4. The second kappa shape index (κ2) is 8.07. The van der Waals surface area contributed by atoms with Gasteiger partial charge < -0.3 is 10.1 Å². The molecule has 3 N–H and O–H groups in total. The molecule has 144 valence electrons. The maximum absolute atomic E-state index is 12.4. The van der Waals surface area contributed by atoms with Crippen molar-refractivity contribution >= 4 is 38.5 Å². The third-order valence-corrected chi connectivity index (χ3v) is 5.16. The summed E-state index contributed by atoms with van der Waals surface area (Å²) in [5, 5.41) is 4.05. The van der Waals surface area contributed by atoms with Crippen LogP contribution in [0.1, 0.15) is 10.4 Å². The molecule has 0 aliphatic rings. The molecule has 8 nitrogen and oxygen atoms in total. The Morgan fingerprint density at radius 1 is 0.893 bits per heavy atom. The summed E-state index contributed by atoms with van der Waals surface area (Å²) in [5.41, 5.74) is 2.38. The second-order valence-corrected chi connectivity index (χ2v) is 7.41. The molecule has 0 saturated heterocycles. The van der Waals surface area contributed by atoms with Crippen LogP contribution in [-0.2, 0) is 14.8 Å². The first kappa shape index (κ1) is 19.3. The third kappa shape index (κ3) is 4.27. The summed E-state index contributed by atoms with van der Waals surface area (Å²) in [7, 11) is -2.76. The lowest BCUT2D eigenvalue weighted by molar-refractivity contribution is 0.0602. The van der Waals surface area contributed by atoms with Crippen molar-refractivity contribution in [3.05, 3.63) is 72.3 Å². The van der Waals surface area contributed by atoms with Gasteiger partial charge in [-0.05, 0) is 35.0 Å². The van der Waals surface area contributed by atoms with Crippen LogP contribution in [0.25, 0.3) is 10.8 Å². The number of hydrogen-bond donors (Lipinski definition) is 3. The summed E-state index contributed by atoms with van der Waals surface area (Å²) >= 11 is 0. The molecule has 0 spiro atoms. The van der Waals surface area contributed by atoms with Gasteiger partial charge in [0.25, 0.3) is 10.0 Å². The quantitative estimate of drug-likeness (QED) is 0.451. The fraction of sp³-hybridized carbons (Fsp3) is 0.0526. The molecule has 3 rings (SSSR count). The number of anilines is 1. The van der Waals surface area contributed by atoms with Crippen molar-refractivity contribution < 1.29 is 22.7 Å². The van der Waals surface area contributed by atoms with Crippen molar-refractivity contribution in [2.45, 2.75) is 4.90 Å². The van der Waals surface area contributed by atoms with Crippen LogP contribution in [0.5, 0.6) is 0 Å². The van der Waals surface area contributed by atoms with E-state index in [0.717, 1.165) is 10.8 Å². The van der Waals surface area contributed by atoms with Crippen LogP contribution in [-0.4, -0.2) is 27.5 Å². The van der Waals surface area contributed by atoms with Crippen molar-refractivity contribution in [1.82, 2.24) is 10.3 Å². The van der Waals surface area contributed by atoms with Gasteiger partial charge in [-0.3, -0.25) is 5.43 Å². The number of nitrogens with one attached hydrogen (secondary N) is 3. The zero-order chi connectivity index (χ0) is 20.1. The van der Waals surface area contributed by atoms with Crippen LogP contribution in [0.2, 0.25) is 0 Å². The van der Waals surface area contributed by atoms with E-state index >= 15 is 0 Å². The average Bonchev–Trinajstić information content (AvgIpc) is 2.72. The first-order valence-electron chi connectivity index (χ1n) is 8.15. The summed E-state index contributed by atoms with van der Waals surface area (Å²) in [6, 6.07) is 17.3. The van der Waals surface area contributed by atoms with Crippen LogP contribution in [0, 0.1) is 0 Å². The fourth-order valence-corrected chi connectivity index (χ4v) is 3.41. The highest BCUT2D eigenvalue weighted by Gasteiger charge is 2.17. The minimum Gasteiger partial charge on any atom is -0.465 e. The van der Waals surface area contributed by atoms with Gasteiger partial charge in [-0.1, -0.05) is 42.5 Å². The van der Waals surface area contributed by atoms with Gasteiger partial charge in [0.2, 0.25) is 0 Å². The first-order valence-corrected chi connectivity index (χ1v) is 9.64. The lowest BCUT2D eigenvalue weighted by Gasteiger charge is -2.12. The van der Waals surface area contributed by atoms with Crippen LogP contribution < -0.4 is 15.6 Å². The number of ether oxygens (including phenoxy) is 1. The minimum atomic E-state index is -3.98. The number of benzene rings is 3. The number of carbonyl (C=O) groups excluding carboxylic acids is 2. The molecule has 2 amide bonds. The summed E-state index contributed by atoms with van der Waals surface area (Å²) in [4.78, 5) is 25.8. The van der Waals surface area contributed by atoms with Crippen LogP contribution in [0.3, 0.4) is 0 Å². The van der Waals surface area contributed by atoms with Crippen molar-refractivity contribution in [1.29, 1.82) is 0 Å². The van der Waals surface area contributed by atoms with E-state index in [0.29, 0.717) is 0 Å². The number of sulfonamides is 1. The average molecular weight is 399 g/mol. The van der Waals surface area contributed by atoms with Crippen molar-refractivity contribution in [2.75, 3.05) is 12.4 Å². The minimum absolute atomic E-state index is 0.00135. The smallest absolute Gasteiger partial charge is 0.339 e. The van der Waals surface area contributed by atoms with Gasteiger partial charge in [0.05, 0.1) is 23.3 Å². The number of para-hydroxylation sites is 1. The Morgan fingerprint density at radius 2 is 1.57 bits per heavy atom. The van der Waals surface area contributed by atoms with E-state index in [-0.39, 0.29) is 16.1 Å². The molecule has 0 aliphatic heterocycles. The largest absolute Gasteiger partial charge is 0.465 e. The van der Waals surface area contributed by atoms with E-state index in [1.165, 1.54) is 31.4 Å². The monoisotopic (exact) mass is 399 g/mol. The Balaban J connectivity index is 1.70. The number of amides is 2. The summed E-state index contributed by atoms with van der Waals surface area (Å²) < 4.78 is 29.5. The van der Waals surface area contributed by atoms with Gasteiger partial charge in [-0.25, -0.2) is 18.0 Å². The van der Waals surface area contributed by atoms with Crippen molar-refractivity contribution in [3.8, 4) is 0 Å². The predicted molar refractivity (Wildman–Crippen MR) is 104 cm³/mol. The lowest BCUT2D eigenvalue weighted by Crippen LogP contribution is -2.43. The number of hydrogen-bond acceptors (Lipinski definition) is 5. The zero-order valence-corrected chi connectivity index (χ0v) is 15.6. The third-order valence-electron chi connectivity index (χ3n) is 3.91. The Morgan fingerprint density at radius 3 is 2.32 bits per heavy atom. The summed E-state index contributed by atoms with van der Waals surface area (Å²) in [6.45, 7) is 0. The standard InChI is InChI=1S/C19H17N3O5S/c1-27-18(23)16-8-4-5-9-17(16)20-19(24)21-22-28(25,26)15-11-10-13-6-2-3-7-14(13)12-15/h2-12,22H,1H3,(H2,20,21,24). The van der Waals surface area contributed by atoms with Gasteiger partial charge in [-0.15, -0.1) is 4.83 Å². The highest BCUT2D eigenvalue weighted by atomic mass is 32.2. The molecule has 0 saturated carbocycles. The normalized spacial score (nSPS) is 11.0. The molecule has 3 aromatic carbocycles. The highest BCUT2D eigenvalue weighted by molar-refractivity contribution is 7.89. The topological polar surface area (TPSA) is 114 Å². The maximum Gasteiger partial charge on any atom is 0.339 e. The molecule has 28 heavy (non-hydrogen) atoms. The van der Waals surface area contributed by atoms with Gasteiger partial charge in [-0.2, -0.15) is 0 Å². The SMILES string of the molecule is COC(=O)c1ccccc1NC(=O)NNS(=O)(=O)c1ccc2ccccc2c1. The number of methoxy groups -OCH3 is 1. The Hall–Kier alpha value is -3.43. The molecule has 0 heterocycles. The van der Waals surface area contributed by atoms with Crippen molar-refractivity contribution in [2.24, 2.45) is 0 Å². The molecule has 0 fully saturated rings. The number of rotatable bonds is 5. The van der Waals surface area contributed by atoms with Crippen LogP contribution in [0.4, 0.5) is 10.5 Å². The predicted octanol–water partition coefficient (Wildman–Crippen LogP) is 2.64. The molecule has 0 bridgehead atoms. The summed E-state index contributed by atoms with van der Waals surface area (Å²) in [6.07, 6.45) is 0. The van der Waals surface area contributed by atoms with Gasteiger partial charge in [0.1, 0.15) is 0 Å². The number of esters is 1. The van der Waals surface area contributed by atoms with E-state index in [1.54, 1.807) is 30.3 Å². The van der Waals surface area contributed by atoms with Crippen LogP contribution >= 0.6 is 0 Å². The number of hydrazine groups is 1. The molecule has 0 aliphatic carbocycles. The lowest BCUT2D eigenvalue weighted by atomic mass is 10.1. The number of carbonyl (C=O) groups is 2. The Labute approximate surface area is 161 Å². The molecule has 0 radical (unpaired) electrons. The van der Waals surface area contributed by atoms with Gasteiger partial charge in [0, 0.05) is 0 Å². The highest BCUT2D eigenvalue weighted by Crippen LogP contribution is 2.19. The van der Waals surface area contributed by atoms with E-state index in [1.807, 2.05) is 17.0 Å². The molecular weight excluding hydrogens is 382 g/mol. The molecule has 0 aromatic heterocycles. The first-order chi connectivity index (χ1) is 13.4. The van der Waals surface area contributed by atoms with E-state index in [9.17, 15) is 18.0 Å². The Kier molecular flexibility index (Phi) is 5.57.